The second-order valence-corrected chi connectivity index (χ2v) is 7.43. The fourth-order valence-corrected chi connectivity index (χ4v) is 2.37. The number of rotatable bonds is 8. The average molecular weight is 507 g/mol. The highest BCUT2D eigenvalue weighted by Crippen LogP contribution is 2.07. The molecule has 0 radical (unpaired) electrons. The minimum atomic E-state index is -0.266. The van der Waals surface area contributed by atoms with Gasteiger partial charge in [0.05, 0.1) is 12.8 Å². The quantitative estimate of drug-likeness (QED) is 0.217. The molecule has 0 saturated carbocycles. The molecule has 28 heavy (non-hydrogen) atoms. The summed E-state index contributed by atoms with van der Waals surface area (Å²) in [6.07, 6.45) is 2.19. The third-order valence-electron chi connectivity index (χ3n) is 3.54. The summed E-state index contributed by atoms with van der Waals surface area (Å²) in [4.78, 5) is 30.3. The molecule has 3 N–H and O–H groups in total. The first-order chi connectivity index (χ1) is 12.6. The minimum Gasteiger partial charge on any atom is -0.459 e. The van der Waals surface area contributed by atoms with Gasteiger partial charge in [0, 0.05) is 37.8 Å². The molecule has 0 unspecified atom stereocenters. The molecule has 0 atom stereocenters. The maximum atomic E-state index is 12.1. The van der Waals surface area contributed by atoms with Gasteiger partial charge in [-0.2, -0.15) is 0 Å². The van der Waals surface area contributed by atoms with Crippen molar-refractivity contribution in [1.29, 1.82) is 0 Å². The van der Waals surface area contributed by atoms with Crippen LogP contribution in [0.1, 0.15) is 50.2 Å². The van der Waals surface area contributed by atoms with E-state index in [1.54, 1.807) is 11.0 Å². The summed E-state index contributed by atoms with van der Waals surface area (Å²) in [5.41, 5.74) is 0.549. The Bertz CT molecular complexity index is 652. The minimum absolute atomic E-state index is 0. The molecule has 1 aromatic rings. The Balaban J connectivity index is 0.00000729. The van der Waals surface area contributed by atoms with Crippen LogP contribution in [0.3, 0.4) is 0 Å². The number of aliphatic imine (C=N–C) groups is 1. The van der Waals surface area contributed by atoms with Crippen molar-refractivity contribution in [2.75, 3.05) is 33.2 Å². The van der Waals surface area contributed by atoms with Gasteiger partial charge in [-0.1, -0.05) is 0 Å². The van der Waals surface area contributed by atoms with E-state index in [-0.39, 0.29) is 47.9 Å². The zero-order chi connectivity index (χ0) is 20.4. The molecule has 1 rings (SSSR count). The summed E-state index contributed by atoms with van der Waals surface area (Å²) in [5.74, 6) is 0.729. The van der Waals surface area contributed by atoms with E-state index < -0.39 is 0 Å². The topological polar surface area (TPSA) is 99.0 Å². The van der Waals surface area contributed by atoms with Crippen LogP contribution in [0.2, 0.25) is 0 Å². The van der Waals surface area contributed by atoms with E-state index in [4.69, 9.17) is 4.42 Å². The number of guanidine groups is 1. The van der Waals surface area contributed by atoms with E-state index in [1.807, 2.05) is 41.7 Å². The maximum Gasteiger partial charge on any atom is 0.287 e. The van der Waals surface area contributed by atoms with E-state index in [1.165, 1.54) is 6.26 Å². The molecule has 0 spiro atoms. The molecule has 1 heterocycles. The van der Waals surface area contributed by atoms with Crippen molar-refractivity contribution in [3.8, 4) is 0 Å². The highest BCUT2D eigenvalue weighted by atomic mass is 127. The van der Waals surface area contributed by atoms with Crippen molar-refractivity contribution in [3.05, 3.63) is 23.7 Å². The number of halogens is 1. The van der Waals surface area contributed by atoms with Crippen LogP contribution in [0, 0.1) is 6.92 Å². The Morgan fingerprint density at radius 3 is 2.46 bits per heavy atom. The van der Waals surface area contributed by atoms with Crippen LogP contribution in [0.15, 0.2) is 21.7 Å². The first-order valence-corrected chi connectivity index (χ1v) is 9.26. The normalized spacial score (nSPS) is 11.4. The zero-order valence-corrected chi connectivity index (χ0v) is 20.0. The van der Waals surface area contributed by atoms with Gasteiger partial charge in [0.1, 0.15) is 0 Å². The van der Waals surface area contributed by atoms with Crippen LogP contribution in [0.25, 0.3) is 0 Å². The van der Waals surface area contributed by atoms with Crippen molar-refractivity contribution >= 4 is 41.8 Å². The molecule has 2 amide bonds. The van der Waals surface area contributed by atoms with Crippen LogP contribution in [0.4, 0.5) is 0 Å². The number of carbonyl (C=O) groups excluding carboxylic acids is 2. The average Bonchev–Trinajstić information content (AvgIpc) is 2.97. The molecule has 0 aliphatic carbocycles. The summed E-state index contributed by atoms with van der Waals surface area (Å²) in [6.45, 7) is 11.6. The number of nitrogens with one attached hydrogen (secondary N) is 3. The second-order valence-electron chi connectivity index (χ2n) is 7.43. The molecule has 8 nitrogen and oxygen atoms in total. The summed E-state index contributed by atoms with van der Waals surface area (Å²) in [5, 5.41) is 8.93. The molecule has 1 aromatic heterocycles. The van der Waals surface area contributed by atoms with Gasteiger partial charge < -0.3 is 25.3 Å². The smallest absolute Gasteiger partial charge is 0.287 e. The lowest BCUT2D eigenvalue weighted by Gasteiger charge is -2.25. The van der Waals surface area contributed by atoms with Crippen molar-refractivity contribution in [2.45, 2.75) is 46.6 Å². The van der Waals surface area contributed by atoms with Crippen molar-refractivity contribution < 1.29 is 14.0 Å². The Kier molecular flexibility index (Phi) is 11.8. The molecular formula is C19H34IN5O3. The fourth-order valence-electron chi connectivity index (χ4n) is 2.37. The number of hydrogen-bond acceptors (Lipinski definition) is 4. The number of nitrogens with zero attached hydrogens (tertiary/aromatic N) is 2. The van der Waals surface area contributed by atoms with Gasteiger partial charge in [-0.25, -0.2) is 0 Å². The van der Waals surface area contributed by atoms with Gasteiger partial charge in [-0.15, -0.1) is 24.0 Å². The summed E-state index contributed by atoms with van der Waals surface area (Å²) >= 11 is 0. The number of hydrogen-bond donors (Lipinski definition) is 3. The molecule has 160 valence electrons. The van der Waals surface area contributed by atoms with Crippen LogP contribution in [-0.2, 0) is 4.79 Å². The lowest BCUT2D eigenvalue weighted by molar-refractivity contribution is -0.122. The van der Waals surface area contributed by atoms with Crippen molar-refractivity contribution in [3.63, 3.8) is 0 Å². The predicted octanol–water partition coefficient (Wildman–Crippen LogP) is 2.14. The summed E-state index contributed by atoms with van der Waals surface area (Å²) in [7, 11) is 1.82. The van der Waals surface area contributed by atoms with E-state index in [0.29, 0.717) is 37.8 Å². The zero-order valence-electron chi connectivity index (χ0n) is 17.7. The van der Waals surface area contributed by atoms with E-state index in [0.717, 1.165) is 5.56 Å². The van der Waals surface area contributed by atoms with E-state index in [2.05, 4.69) is 20.9 Å². The molecule has 0 bridgehead atoms. The summed E-state index contributed by atoms with van der Waals surface area (Å²) < 4.78 is 5.16. The largest absolute Gasteiger partial charge is 0.459 e. The highest BCUT2D eigenvalue weighted by Gasteiger charge is 2.16. The highest BCUT2D eigenvalue weighted by molar-refractivity contribution is 14.0. The van der Waals surface area contributed by atoms with E-state index in [9.17, 15) is 9.59 Å². The Hall–Kier alpha value is -1.78. The standard InChI is InChI=1S/C19H33N5O3.HI/c1-7-20-18(24(6)13-15(25)23-19(3,4)5)22-11-8-10-21-17(26)16-14(2)9-12-27-16;/h9,12H,7-8,10-11,13H2,1-6H3,(H,20,22)(H,21,26)(H,23,25);1H. The van der Waals surface area contributed by atoms with Crippen LogP contribution in [0.5, 0.6) is 0 Å². The van der Waals surface area contributed by atoms with Crippen LogP contribution in [-0.4, -0.2) is 61.4 Å². The summed E-state index contributed by atoms with van der Waals surface area (Å²) in [6, 6.07) is 1.76. The maximum absolute atomic E-state index is 12.1. The van der Waals surface area contributed by atoms with Crippen LogP contribution < -0.4 is 16.0 Å². The lowest BCUT2D eigenvalue weighted by atomic mass is 10.1. The fraction of sp³-hybridized carbons (Fsp3) is 0.632. The van der Waals surface area contributed by atoms with Gasteiger partial charge >= 0.3 is 0 Å². The molecular weight excluding hydrogens is 473 g/mol. The van der Waals surface area contributed by atoms with Crippen molar-refractivity contribution in [1.82, 2.24) is 20.9 Å². The Morgan fingerprint density at radius 1 is 1.25 bits per heavy atom. The van der Waals surface area contributed by atoms with Gasteiger partial charge in [0.2, 0.25) is 5.91 Å². The molecule has 0 saturated heterocycles. The first kappa shape index (κ1) is 26.2. The van der Waals surface area contributed by atoms with Gasteiger partial charge in [0.15, 0.2) is 11.7 Å². The molecule has 0 aromatic carbocycles. The Labute approximate surface area is 184 Å². The van der Waals surface area contributed by atoms with E-state index >= 15 is 0 Å². The second kappa shape index (κ2) is 12.6. The predicted molar refractivity (Wildman–Crippen MR) is 122 cm³/mol. The van der Waals surface area contributed by atoms with Gasteiger partial charge in [-0.3, -0.25) is 14.6 Å². The SMILES string of the molecule is CCNC(=NCCCNC(=O)c1occc1C)N(C)CC(=O)NC(C)(C)C.I. The van der Waals surface area contributed by atoms with Gasteiger partial charge in [0.25, 0.3) is 5.91 Å². The first-order valence-electron chi connectivity index (χ1n) is 9.26. The number of likely N-dealkylation sites (N-methyl/N-ethyl adjacent to an activating group) is 1. The molecule has 0 fully saturated rings. The lowest BCUT2D eigenvalue weighted by Crippen LogP contribution is -2.48. The molecule has 0 aliphatic heterocycles. The molecule has 9 heteroatoms. The third kappa shape index (κ3) is 9.95. The number of aryl methyl sites for hydroxylation is 1. The Morgan fingerprint density at radius 2 is 1.93 bits per heavy atom. The van der Waals surface area contributed by atoms with Crippen LogP contribution >= 0.6 is 24.0 Å². The number of amides is 2. The third-order valence-corrected chi connectivity index (χ3v) is 3.54. The molecule has 0 aliphatic rings. The van der Waals surface area contributed by atoms with Crippen molar-refractivity contribution in [2.24, 2.45) is 4.99 Å². The monoisotopic (exact) mass is 507 g/mol. The van der Waals surface area contributed by atoms with Gasteiger partial charge in [-0.05, 0) is 47.1 Å². The number of furan rings is 1. The number of carbonyl (C=O) groups is 2.